The topological polar surface area (TPSA) is 73.8 Å². The minimum atomic E-state index is -0.237. The van der Waals surface area contributed by atoms with Crippen LogP contribution >= 0.6 is 22.7 Å². The molecule has 0 N–H and O–H groups in total. The van der Waals surface area contributed by atoms with Gasteiger partial charge in [-0.2, -0.15) is 0 Å². The Labute approximate surface area is 200 Å². The van der Waals surface area contributed by atoms with Crippen molar-refractivity contribution in [1.29, 1.82) is 0 Å². The molecule has 7 nitrogen and oxygen atoms in total. The fourth-order valence-electron chi connectivity index (χ4n) is 4.60. The van der Waals surface area contributed by atoms with E-state index < -0.39 is 0 Å². The maximum atomic E-state index is 13.2. The van der Waals surface area contributed by atoms with Crippen LogP contribution in [0, 0.1) is 5.92 Å². The minimum Gasteiger partial charge on any atom is -0.371 e. The summed E-state index contributed by atoms with van der Waals surface area (Å²) in [6.45, 7) is 2.16. The van der Waals surface area contributed by atoms with Crippen LogP contribution in [-0.4, -0.2) is 52.6 Å². The Morgan fingerprint density at radius 3 is 2.67 bits per heavy atom. The molecule has 2 aromatic heterocycles. The van der Waals surface area contributed by atoms with E-state index in [1.807, 2.05) is 42.1 Å². The Kier molecular flexibility index (Phi) is 5.99. The van der Waals surface area contributed by atoms with Crippen molar-refractivity contribution < 1.29 is 14.4 Å². The number of thiophene rings is 1. The van der Waals surface area contributed by atoms with Crippen LogP contribution in [0.15, 0.2) is 46.6 Å². The Balaban J connectivity index is 1.27. The van der Waals surface area contributed by atoms with E-state index in [0.717, 1.165) is 16.3 Å². The zero-order chi connectivity index (χ0) is 22.9. The first kappa shape index (κ1) is 21.8. The number of fused-ring (bicyclic) bond motifs is 1. The van der Waals surface area contributed by atoms with Crippen LogP contribution < -0.4 is 4.90 Å². The molecule has 0 bridgehead atoms. The number of amides is 3. The highest BCUT2D eigenvalue weighted by Crippen LogP contribution is 2.35. The lowest BCUT2D eigenvalue weighted by Gasteiger charge is -2.35. The number of imide groups is 1. The monoisotopic (exact) mass is 480 g/mol. The number of hydrogen-bond donors (Lipinski definition) is 0. The second-order valence-electron chi connectivity index (χ2n) is 8.41. The van der Waals surface area contributed by atoms with Crippen molar-refractivity contribution in [2.45, 2.75) is 25.9 Å². The predicted molar refractivity (Wildman–Crippen MR) is 128 cm³/mol. The van der Waals surface area contributed by atoms with Crippen molar-refractivity contribution in [3.8, 4) is 0 Å². The molecule has 170 valence electrons. The second-order valence-corrected chi connectivity index (χ2v) is 10.2. The third-order valence-corrected chi connectivity index (χ3v) is 7.81. The molecule has 0 radical (unpaired) electrons. The van der Waals surface area contributed by atoms with Crippen molar-refractivity contribution >= 4 is 46.1 Å². The molecule has 0 spiro atoms. The Bertz CT molecular complexity index is 1170. The van der Waals surface area contributed by atoms with E-state index in [9.17, 15) is 14.4 Å². The lowest BCUT2D eigenvalue weighted by atomic mass is 9.94. The highest BCUT2D eigenvalue weighted by Gasteiger charge is 2.39. The highest BCUT2D eigenvalue weighted by molar-refractivity contribution is 7.09. The van der Waals surface area contributed by atoms with Crippen LogP contribution in [0.3, 0.4) is 0 Å². The summed E-state index contributed by atoms with van der Waals surface area (Å²) < 4.78 is 0. The van der Waals surface area contributed by atoms with Gasteiger partial charge in [-0.3, -0.25) is 19.3 Å². The average Bonchev–Trinajstić information content (AvgIpc) is 3.59. The number of benzene rings is 1. The lowest BCUT2D eigenvalue weighted by Crippen LogP contribution is -2.41. The zero-order valence-electron chi connectivity index (χ0n) is 18.3. The first-order valence-corrected chi connectivity index (χ1v) is 12.7. The normalized spacial score (nSPS) is 16.4. The summed E-state index contributed by atoms with van der Waals surface area (Å²) in [5.41, 5.74) is 4.43. The van der Waals surface area contributed by atoms with Gasteiger partial charge in [-0.15, -0.1) is 22.7 Å². The summed E-state index contributed by atoms with van der Waals surface area (Å²) in [5, 5.41) is 3.90. The predicted octanol–water partition coefficient (Wildman–Crippen LogP) is 3.88. The quantitative estimate of drug-likeness (QED) is 0.501. The van der Waals surface area contributed by atoms with Crippen LogP contribution in [0.4, 0.5) is 5.69 Å². The van der Waals surface area contributed by atoms with Crippen molar-refractivity contribution in [3.05, 3.63) is 68.3 Å². The summed E-state index contributed by atoms with van der Waals surface area (Å²) in [7, 11) is 1.82. The molecule has 0 atom stereocenters. The molecule has 4 heterocycles. The van der Waals surface area contributed by atoms with E-state index in [-0.39, 0.29) is 23.6 Å². The molecule has 33 heavy (non-hydrogen) atoms. The summed E-state index contributed by atoms with van der Waals surface area (Å²) in [6, 6.07) is 9.34. The molecule has 5 rings (SSSR count). The number of anilines is 1. The summed E-state index contributed by atoms with van der Waals surface area (Å²) in [4.78, 5) is 49.6. The van der Waals surface area contributed by atoms with E-state index >= 15 is 0 Å². The van der Waals surface area contributed by atoms with Crippen LogP contribution in [0.25, 0.3) is 0 Å². The Hall–Kier alpha value is -3.04. The SMILES string of the molecule is CN(Cc1cscn1)C(=O)C1CCN(c2cccc3c2C(=O)N(Cc2cccs2)C3=O)CC1. The number of hydrogen-bond acceptors (Lipinski definition) is 7. The van der Waals surface area contributed by atoms with Crippen LogP contribution in [-0.2, 0) is 17.9 Å². The van der Waals surface area contributed by atoms with Gasteiger partial charge < -0.3 is 9.80 Å². The van der Waals surface area contributed by atoms with E-state index in [4.69, 9.17) is 0 Å². The molecule has 0 aliphatic carbocycles. The Morgan fingerprint density at radius 2 is 1.97 bits per heavy atom. The van der Waals surface area contributed by atoms with Crippen molar-refractivity contribution in [1.82, 2.24) is 14.8 Å². The van der Waals surface area contributed by atoms with Crippen molar-refractivity contribution in [2.75, 3.05) is 25.0 Å². The van der Waals surface area contributed by atoms with Gasteiger partial charge in [0.2, 0.25) is 5.91 Å². The first-order valence-electron chi connectivity index (χ1n) is 10.9. The van der Waals surface area contributed by atoms with Crippen molar-refractivity contribution in [3.63, 3.8) is 0 Å². The highest BCUT2D eigenvalue weighted by atomic mass is 32.1. The standard InChI is InChI=1S/C24H24N4O3S2/c1-26(12-17-14-32-15-25-17)22(29)16-7-9-27(10-8-16)20-6-2-5-19-21(20)24(31)28(23(19)30)13-18-4-3-11-33-18/h2-6,11,14-16H,7-10,12-13H2,1H3. The molecule has 1 saturated heterocycles. The lowest BCUT2D eigenvalue weighted by molar-refractivity contribution is -0.135. The molecule has 1 fully saturated rings. The molecule has 1 aromatic carbocycles. The van der Waals surface area contributed by atoms with Crippen molar-refractivity contribution in [2.24, 2.45) is 5.92 Å². The fourth-order valence-corrected chi connectivity index (χ4v) is 5.84. The van der Waals surface area contributed by atoms with E-state index in [1.54, 1.807) is 16.5 Å². The first-order chi connectivity index (χ1) is 16.0. The summed E-state index contributed by atoms with van der Waals surface area (Å²) >= 11 is 3.06. The zero-order valence-corrected chi connectivity index (χ0v) is 19.9. The van der Waals surface area contributed by atoms with Crippen LogP contribution in [0.2, 0.25) is 0 Å². The van der Waals surface area contributed by atoms with Gasteiger partial charge in [-0.05, 0) is 36.4 Å². The molecule has 2 aliphatic rings. The number of aromatic nitrogens is 1. The van der Waals surface area contributed by atoms with Gasteiger partial charge in [0.25, 0.3) is 11.8 Å². The molecule has 0 unspecified atom stereocenters. The van der Waals surface area contributed by atoms with Gasteiger partial charge in [0, 0.05) is 36.3 Å². The van der Waals surface area contributed by atoms with E-state index in [0.29, 0.717) is 50.1 Å². The number of nitrogens with zero attached hydrogens (tertiary/aromatic N) is 4. The van der Waals surface area contributed by atoms with E-state index in [2.05, 4.69) is 9.88 Å². The van der Waals surface area contributed by atoms with Gasteiger partial charge in [-0.25, -0.2) is 4.98 Å². The average molecular weight is 481 g/mol. The number of rotatable bonds is 6. The maximum Gasteiger partial charge on any atom is 0.264 e. The molecular weight excluding hydrogens is 456 g/mol. The second kappa shape index (κ2) is 9.07. The molecule has 0 saturated carbocycles. The summed E-state index contributed by atoms with van der Waals surface area (Å²) in [5.74, 6) is -0.386. The van der Waals surface area contributed by atoms with Gasteiger partial charge in [-0.1, -0.05) is 12.1 Å². The Morgan fingerprint density at radius 1 is 1.15 bits per heavy atom. The molecule has 3 aromatic rings. The molecule has 3 amide bonds. The molecule has 9 heteroatoms. The van der Waals surface area contributed by atoms with Gasteiger partial charge >= 0.3 is 0 Å². The van der Waals surface area contributed by atoms with E-state index in [1.165, 1.54) is 27.6 Å². The number of carbonyl (C=O) groups is 3. The molecular formula is C24H24N4O3S2. The maximum absolute atomic E-state index is 13.2. The van der Waals surface area contributed by atoms with Crippen LogP contribution in [0.5, 0.6) is 0 Å². The number of thiazole rings is 1. The van der Waals surface area contributed by atoms with Gasteiger partial charge in [0.15, 0.2) is 0 Å². The van der Waals surface area contributed by atoms with Gasteiger partial charge in [0.05, 0.1) is 41.1 Å². The third kappa shape index (κ3) is 4.18. The number of carbonyl (C=O) groups excluding carboxylic acids is 3. The van der Waals surface area contributed by atoms with Gasteiger partial charge in [0.1, 0.15) is 0 Å². The number of piperidine rings is 1. The largest absolute Gasteiger partial charge is 0.371 e. The van der Waals surface area contributed by atoms with Crippen LogP contribution in [0.1, 0.15) is 44.1 Å². The smallest absolute Gasteiger partial charge is 0.264 e. The minimum absolute atomic E-state index is 0.0469. The fraction of sp³-hybridized carbons (Fsp3) is 0.333. The summed E-state index contributed by atoms with van der Waals surface area (Å²) in [6.07, 6.45) is 1.43. The molecule has 2 aliphatic heterocycles. The third-order valence-electron chi connectivity index (χ3n) is 6.31.